The van der Waals surface area contributed by atoms with Crippen molar-refractivity contribution in [1.82, 2.24) is 5.32 Å². The van der Waals surface area contributed by atoms with Crippen LogP contribution in [0.15, 0.2) is 60.7 Å². The Kier molecular flexibility index (Phi) is 5.55. The maximum Gasteiger partial charge on any atom is 0.334 e. The predicted molar refractivity (Wildman–Crippen MR) is 107 cm³/mol. The van der Waals surface area contributed by atoms with Crippen molar-refractivity contribution in [2.24, 2.45) is 5.41 Å². The standard InChI is InChI=1S/C21H16Cl2N2O2/c1-2-27-20(26)21(13-24)11-18(14-3-7-16(22)8-4-14)25-19(12-21)15-5-9-17(23)10-6-15/h3-12,25H,2H2,1H3. The first-order valence-electron chi connectivity index (χ1n) is 8.30. The number of carbonyl (C=O) groups excluding carboxylic acids is 1. The Morgan fingerprint density at radius 1 is 1.00 bits per heavy atom. The van der Waals surface area contributed by atoms with Gasteiger partial charge in [-0.1, -0.05) is 47.5 Å². The number of benzene rings is 2. The smallest absolute Gasteiger partial charge is 0.334 e. The first-order chi connectivity index (χ1) is 13.0. The molecule has 0 radical (unpaired) electrons. The third-order valence-electron chi connectivity index (χ3n) is 4.12. The van der Waals surface area contributed by atoms with Gasteiger partial charge in [0.15, 0.2) is 5.41 Å². The third kappa shape index (κ3) is 4.00. The molecule has 0 fully saturated rings. The number of ether oxygens (including phenoxy) is 1. The average molecular weight is 399 g/mol. The van der Waals surface area contributed by atoms with Gasteiger partial charge >= 0.3 is 5.97 Å². The second kappa shape index (κ2) is 7.87. The molecule has 2 aromatic rings. The molecule has 0 spiro atoms. The Bertz CT molecular complexity index is 894. The van der Waals surface area contributed by atoms with Gasteiger partial charge in [-0.15, -0.1) is 0 Å². The summed E-state index contributed by atoms with van der Waals surface area (Å²) in [5.74, 6) is -0.619. The lowest BCUT2D eigenvalue weighted by Gasteiger charge is -2.27. The van der Waals surface area contributed by atoms with Crippen molar-refractivity contribution >= 4 is 40.6 Å². The van der Waals surface area contributed by atoms with Crippen molar-refractivity contribution < 1.29 is 9.53 Å². The normalized spacial score (nSPS) is 15.0. The minimum atomic E-state index is -1.54. The number of hydrogen-bond donors (Lipinski definition) is 1. The van der Waals surface area contributed by atoms with Gasteiger partial charge in [0, 0.05) is 21.4 Å². The zero-order valence-electron chi connectivity index (χ0n) is 14.5. The zero-order chi connectivity index (χ0) is 19.4. The molecule has 0 amide bonds. The van der Waals surface area contributed by atoms with E-state index in [0.717, 1.165) is 11.1 Å². The minimum Gasteiger partial charge on any atom is -0.464 e. The van der Waals surface area contributed by atoms with E-state index in [-0.39, 0.29) is 6.61 Å². The molecular formula is C21H16Cl2N2O2. The molecule has 0 bridgehead atoms. The van der Waals surface area contributed by atoms with Crippen LogP contribution < -0.4 is 5.32 Å². The molecule has 2 aromatic carbocycles. The fourth-order valence-electron chi connectivity index (χ4n) is 2.76. The first-order valence-corrected chi connectivity index (χ1v) is 9.06. The Morgan fingerprint density at radius 2 is 1.44 bits per heavy atom. The third-order valence-corrected chi connectivity index (χ3v) is 4.63. The molecule has 3 rings (SSSR count). The summed E-state index contributed by atoms with van der Waals surface area (Å²) in [6.07, 6.45) is 3.15. The molecule has 1 aliphatic heterocycles. The van der Waals surface area contributed by atoms with Crippen LogP contribution in [0.2, 0.25) is 10.0 Å². The van der Waals surface area contributed by atoms with E-state index in [0.29, 0.717) is 21.4 Å². The van der Waals surface area contributed by atoms with Crippen LogP contribution in [0.5, 0.6) is 0 Å². The molecule has 1 aliphatic rings. The van der Waals surface area contributed by atoms with Crippen LogP contribution in [0.3, 0.4) is 0 Å². The van der Waals surface area contributed by atoms with Crippen molar-refractivity contribution in [3.63, 3.8) is 0 Å². The summed E-state index contributed by atoms with van der Waals surface area (Å²) in [6.45, 7) is 1.89. The van der Waals surface area contributed by atoms with E-state index in [1.165, 1.54) is 0 Å². The average Bonchev–Trinajstić information content (AvgIpc) is 2.69. The quantitative estimate of drug-likeness (QED) is 0.731. The lowest BCUT2D eigenvalue weighted by Crippen LogP contribution is -2.33. The van der Waals surface area contributed by atoms with Crippen LogP contribution >= 0.6 is 23.2 Å². The van der Waals surface area contributed by atoms with Crippen LogP contribution in [0.25, 0.3) is 11.4 Å². The summed E-state index contributed by atoms with van der Waals surface area (Å²) < 4.78 is 5.16. The number of carbonyl (C=O) groups is 1. The van der Waals surface area contributed by atoms with Gasteiger partial charge in [-0.3, -0.25) is 0 Å². The van der Waals surface area contributed by atoms with Crippen molar-refractivity contribution in [2.45, 2.75) is 6.92 Å². The molecule has 4 nitrogen and oxygen atoms in total. The van der Waals surface area contributed by atoms with Crippen LogP contribution in [0.4, 0.5) is 0 Å². The fourth-order valence-corrected chi connectivity index (χ4v) is 3.01. The topological polar surface area (TPSA) is 62.1 Å². The summed E-state index contributed by atoms with van der Waals surface area (Å²) in [4.78, 5) is 12.6. The maximum atomic E-state index is 12.6. The van der Waals surface area contributed by atoms with Gasteiger partial charge in [0.25, 0.3) is 0 Å². The van der Waals surface area contributed by atoms with Gasteiger partial charge in [0.1, 0.15) is 0 Å². The van der Waals surface area contributed by atoms with E-state index in [2.05, 4.69) is 11.4 Å². The molecule has 1 N–H and O–H groups in total. The van der Waals surface area contributed by atoms with E-state index in [1.807, 2.05) is 24.3 Å². The summed E-state index contributed by atoms with van der Waals surface area (Å²) in [6, 6.07) is 16.4. The number of nitrogens with zero attached hydrogens (tertiary/aromatic N) is 1. The van der Waals surface area contributed by atoms with E-state index < -0.39 is 11.4 Å². The van der Waals surface area contributed by atoms with Crippen molar-refractivity contribution in [1.29, 1.82) is 5.26 Å². The summed E-state index contributed by atoms with van der Waals surface area (Å²) in [5.41, 5.74) is 1.29. The Hall–Kier alpha value is -2.74. The molecule has 136 valence electrons. The molecule has 1 heterocycles. The molecule has 0 aromatic heterocycles. The molecule has 0 saturated carbocycles. The number of hydrogen-bond acceptors (Lipinski definition) is 4. The highest BCUT2D eigenvalue weighted by molar-refractivity contribution is 6.30. The number of halogens is 2. The molecule has 0 atom stereocenters. The monoisotopic (exact) mass is 398 g/mol. The molecule has 6 heteroatoms. The van der Waals surface area contributed by atoms with Gasteiger partial charge in [0.2, 0.25) is 0 Å². The zero-order valence-corrected chi connectivity index (χ0v) is 16.0. The number of esters is 1. The Balaban J connectivity index is 2.12. The predicted octanol–water partition coefficient (Wildman–Crippen LogP) is 5.05. The van der Waals surface area contributed by atoms with Gasteiger partial charge in [-0.05, 0) is 54.5 Å². The van der Waals surface area contributed by atoms with Crippen molar-refractivity contribution in [2.75, 3.05) is 6.61 Å². The SMILES string of the molecule is CCOC(=O)C1(C#N)C=C(c2ccc(Cl)cc2)NC(c2ccc(Cl)cc2)=C1. The van der Waals surface area contributed by atoms with E-state index in [9.17, 15) is 10.1 Å². The maximum absolute atomic E-state index is 12.6. The highest BCUT2D eigenvalue weighted by Gasteiger charge is 2.40. The van der Waals surface area contributed by atoms with Gasteiger partial charge < -0.3 is 10.1 Å². The fraction of sp³-hybridized carbons (Fsp3) is 0.143. The lowest BCUT2D eigenvalue weighted by molar-refractivity contribution is -0.147. The van der Waals surface area contributed by atoms with Crippen molar-refractivity contribution in [3.8, 4) is 6.07 Å². The van der Waals surface area contributed by atoms with Gasteiger partial charge in [-0.25, -0.2) is 4.79 Å². The minimum absolute atomic E-state index is 0.184. The van der Waals surface area contributed by atoms with Crippen LogP contribution in [0, 0.1) is 16.7 Å². The summed E-state index contributed by atoms with van der Waals surface area (Å²) in [5, 5.41) is 14.3. The largest absolute Gasteiger partial charge is 0.464 e. The highest BCUT2D eigenvalue weighted by Crippen LogP contribution is 2.35. The van der Waals surface area contributed by atoms with E-state index >= 15 is 0 Å². The molecular weight excluding hydrogens is 383 g/mol. The highest BCUT2D eigenvalue weighted by atomic mass is 35.5. The van der Waals surface area contributed by atoms with Crippen LogP contribution in [0.1, 0.15) is 18.1 Å². The molecule has 0 unspecified atom stereocenters. The van der Waals surface area contributed by atoms with Gasteiger partial charge in [0.05, 0.1) is 12.7 Å². The van der Waals surface area contributed by atoms with Gasteiger partial charge in [-0.2, -0.15) is 5.26 Å². The lowest BCUT2D eigenvalue weighted by atomic mass is 9.83. The summed E-state index contributed by atoms with van der Waals surface area (Å²) >= 11 is 11.9. The van der Waals surface area contributed by atoms with E-state index in [1.54, 1.807) is 43.3 Å². The number of nitrogens with one attached hydrogen (secondary N) is 1. The number of rotatable bonds is 4. The molecule has 27 heavy (non-hydrogen) atoms. The first kappa shape index (κ1) is 19.0. The number of dihydropyridines is 1. The number of nitriles is 1. The summed E-state index contributed by atoms with van der Waals surface area (Å²) in [7, 11) is 0. The van der Waals surface area contributed by atoms with E-state index in [4.69, 9.17) is 27.9 Å². The second-order valence-corrected chi connectivity index (χ2v) is 6.83. The van der Waals surface area contributed by atoms with Crippen molar-refractivity contribution in [3.05, 3.63) is 81.9 Å². The molecule has 0 aliphatic carbocycles. The second-order valence-electron chi connectivity index (χ2n) is 5.96. The van der Waals surface area contributed by atoms with Crippen LogP contribution in [-0.4, -0.2) is 12.6 Å². The molecule has 0 saturated heterocycles. The Labute approximate surface area is 167 Å². The Morgan fingerprint density at radius 3 is 1.81 bits per heavy atom. The van der Waals surface area contributed by atoms with Crippen LogP contribution in [-0.2, 0) is 9.53 Å².